The molecule has 0 aliphatic rings. The third kappa shape index (κ3) is 6.34. The van der Waals surface area contributed by atoms with Gasteiger partial charge in [-0.25, -0.2) is 9.59 Å². The van der Waals surface area contributed by atoms with Crippen molar-refractivity contribution in [2.45, 2.75) is 65.3 Å². The third-order valence-corrected chi connectivity index (χ3v) is 9.60. The van der Waals surface area contributed by atoms with Gasteiger partial charge in [0.15, 0.2) is 0 Å². The molecule has 0 atom stereocenters. The van der Waals surface area contributed by atoms with E-state index in [1.807, 2.05) is 36.4 Å². The van der Waals surface area contributed by atoms with E-state index >= 15 is 0 Å². The number of aliphatic carboxylic acids is 1. The van der Waals surface area contributed by atoms with Crippen molar-refractivity contribution >= 4 is 37.2 Å². The van der Waals surface area contributed by atoms with Gasteiger partial charge < -0.3 is 14.3 Å². The molecule has 0 spiro atoms. The quantitative estimate of drug-likeness (QED) is 0.426. The lowest BCUT2D eigenvalue weighted by atomic mass is 10.0. The van der Waals surface area contributed by atoms with Gasteiger partial charge in [-0.2, -0.15) is 0 Å². The predicted molar refractivity (Wildman–Crippen MR) is 127 cm³/mol. The highest BCUT2D eigenvalue weighted by atomic mass is 28.4. The Bertz CT molecular complexity index is 1010. The maximum Gasteiger partial charge on any atom is 0.412 e. The smallest absolute Gasteiger partial charge is 0.412 e. The minimum absolute atomic E-state index is 0.0422. The number of nitrogens with one attached hydrogen (secondary N) is 1. The van der Waals surface area contributed by atoms with Gasteiger partial charge >= 0.3 is 12.1 Å². The number of fused-ring (bicyclic) bond motifs is 1. The molecular formula is C24H33NO5Si. The summed E-state index contributed by atoms with van der Waals surface area (Å²) < 4.78 is 11.7. The molecule has 0 bridgehead atoms. The number of alkyl carbamates (subject to hydrolysis) is 1. The SMILES string of the molecule is CC(C)(C)OC(=O)N/C(=C\c1ccc(O[Si](C)(C)C(C)(C)C)c2ccccc12)C(=O)O. The first-order valence-electron chi connectivity index (χ1n) is 10.3. The molecule has 0 aliphatic heterocycles. The Morgan fingerprint density at radius 2 is 1.55 bits per heavy atom. The van der Waals surface area contributed by atoms with Gasteiger partial charge in [-0.1, -0.05) is 51.1 Å². The summed E-state index contributed by atoms with van der Waals surface area (Å²) in [5, 5.41) is 13.7. The molecule has 0 heterocycles. The minimum atomic E-state index is -2.06. The third-order valence-electron chi connectivity index (χ3n) is 5.25. The molecule has 0 saturated heterocycles. The molecule has 2 N–H and O–H groups in total. The summed E-state index contributed by atoms with van der Waals surface area (Å²) >= 11 is 0. The molecule has 31 heavy (non-hydrogen) atoms. The zero-order valence-corrected chi connectivity index (χ0v) is 20.6. The lowest BCUT2D eigenvalue weighted by Gasteiger charge is -2.36. The van der Waals surface area contributed by atoms with Gasteiger partial charge in [0, 0.05) is 5.39 Å². The summed E-state index contributed by atoms with van der Waals surface area (Å²) in [6.45, 7) is 16.0. The summed E-state index contributed by atoms with van der Waals surface area (Å²) in [5.41, 5.74) is -0.340. The van der Waals surface area contributed by atoms with Gasteiger partial charge in [0.25, 0.3) is 8.32 Å². The second kappa shape index (κ2) is 8.75. The number of carboxylic acids is 1. The number of amides is 1. The Balaban J connectivity index is 2.49. The van der Waals surface area contributed by atoms with Crippen LogP contribution in [0.4, 0.5) is 4.79 Å². The first kappa shape index (κ1) is 24.5. The van der Waals surface area contributed by atoms with E-state index in [0.29, 0.717) is 5.56 Å². The highest BCUT2D eigenvalue weighted by Gasteiger charge is 2.39. The molecular weight excluding hydrogens is 410 g/mol. The van der Waals surface area contributed by atoms with Crippen molar-refractivity contribution in [3.63, 3.8) is 0 Å². The number of carbonyl (C=O) groups is 2. The molecule has 0 saturated carbocycles. The highest BCUT2D eigenvalue weighted by Crippen LogP contribution is 2.39. The zero-order valence-electron chi connectivity index (χ0n) is 19.6. The molecule has 0 fully saturated rings. The molecule has 0 radical (unpaired) electrons. The van der Waals surface area contributed by atoms with Crippen molar-refractivity contribution in [3.05, 3.63) is 47.7 Å². The van der Waals surface area contributed by atoms with Crippen LogP contribution in [0, 0.1) is 0 Å². The van der Waals surface area contributed by atoms with Crippen LogP contribution in [-0.2, 0) is 9.53 Å². The first-order valence-corrected chi connectivity index (χ1v) is 13.2. The summed E-state index contributed by atoms with van der Waals surface area (Å²) in [6, 6.07) is 11.3. The Morgan fingerprint density at radius 1 is 0.968 bits per heavy atom. The normalized spacial score (nSPS) is 13.1. The van der Waals surface area contributed by atoms with Gasteiger partial charge in [-0.05, 0) is 62.0 Å². The largest absolute Gasteiger partial charge is 0.543 e. The number of benzene rings is 2. The lowest BCUT2D eigenvalue weighted by Crippen LogP contribution is -2.43. The molecule has 2 aromatic rings. The van der Waals surface area contributed by atoms with Crippen LogP contribution in [0.15, 0.2) is 42.1 Å². The molecule has 1 amide bonds. The summed E-state index contributed by atoms with van der Waals surface area (Å²) in [4.78, 5) is 23.8. The van der Waals surface area contributed by atoms with Crippen molar-refractivity contribution in [1.82, 2.24) is 5.32 Å². The number of carbonyl (C=O) groups excluding carboxylic acids is 1. The van der Waals surface area contributed by atoms with Crippen LogP contribution in [0.1, 0.15) is 47.1 Å². The number of hydrogen-bond acceptors (Lipinski definition) is 4. The van der Waals surface area contributed by atoms with Crippen LogP contribution in [0.3, 0.4) is 0 Å². The van der Waals surface area contributed by atoms with Crippen LogP contribution in [0.5, 0.6) is 5.75 Å². The molecule has 2 rings (SSSR count). The van der Waals surface area contributed by atoms with Crippen molar-refractivity contribution < 1.29 is 23.9 Å². The fourth-order valence-electron chi connectivity index (χ4n) is 2.66. The van der Waals surface area contributed by atoms with Gasteiger partial charge in [0.2, 0.25) is 0 Å². The van der Waals surface area contributed by atoms with Crippen molar-refractivity contribution in [3.8, 4) is 5.75 Å². The van der Waals surface area contributed by atoms with E-state index in [-0.39, 0.29) is 10.7 Å². The predicted octanol–water partition coefficient (Wildman–Crippen LogP) is 6.17. The van der Waals surface area contributed by atoms with E-state index in [2.05, 4.69) is 39.2 Å². The summed E-state index contributed by atoms with van der Waals surface area (Å²) in [6.07, 6.45) is 0.619. The van der Waals surface area contributed by atoms with Crippen LogP contribution in [0.25, 0.3) is 16.8 Å². The van der Waals surface area contributed by atoms with Gasteiger partial charge in [0.05, 0.1) is 0 Å². The molecule has 7 heteroatoms. The minimum Gasteiger partial charge on any atom is -0.543 e. The maximum absolute atomic E-state index is 12.1. The number of rotatable bonds is 5. The Kier molecular flexibility index (Phi) is 6.90. The Morgan fingerprint density at radius 3 is 2.06 bits per heavy atom. The van der Waals surface area contributed by atoms with Gasteiger partial charge in [-0.15, -0.1) is 0 Å². The monoisotopic (exact) mass is 443 g/mol. The molecule has 0 unspecified atom stereocenters. The number of ether oxygens (including phenoxy) is 1. The van der Waals surface area contributed by atoms with Crippen molar-refractivity contribution in [2.75, 3.05) is 0 Å². The summed E-state index contributed by atoms with van der Waals surface area (Å²) in [7, 11) is -2.06. The van der Waals surface area contributed by atoms with Crippen LogP contribution < -0.4 is 9.74 Å². The van der Waals surface area contributed by atoms with Crippen molar-refractivity contribution in [1.29, 1.82) is 0 Å². The van der Waals surface area contributed by atoms with E-state index in [4.69, 9.17) is 9.16 Å². The molecule has 0 aromatic heterocycles. The first-order chi connectivity index (χ1) is 14.1. The van der Waals surface area contributed by atoms with E-state index in [1.54, 1.807) is 20.8 Å². The van der Waals surface area contributed by atoms with E-state index in [0.717, 1.165) is 16.5 Å². The number of hydrogen-bond donors (Lipinski definition) is 2. The van der Waals surface area contributed by atoms with Gasteiger partial charge in [0.1, 0.15) is 17.0 Å². The summed E-state index contributed by atoms with van der Waals surface area (Å²) in [5.74, 6) is -0.479. The Hall–Kier alpha value is -2.80. The van der Waals surface area contributed by atoms with Gasteiger partial charge in [-0.3, -0.25) is 5.32 Å². The highest BCUT2D eigenvalue weighted by molar-refractivity contribution is 6.74. The molecule has 6 nitrogen and oxygen atoms in total. The lowest BCUT2D eigenvalue weighted by molar-refractivity contribution is -0.133. The molecule has 2 aromatic carbocycles. The van der Waals surface area contributed by atoms with Crippen LogP contribution in [0.2, 0.25) is 18.1 Å². The maximum atomic E-state index is 12.1. The zero-order chi connectivity index (χ0) is 23.6. The molecule has 0 aliphatic carbocycles. The van der Waals surface area contributed by atoms with Crippen LogP contribution in [-0.4, -0.2) is 31.1 Å². The van der Waals surface area contributed by atoms with Crippen molar-refractivity contribution in [2.24, 2.45) is 0 Å². The van der Waals surface area contributed by atoms with E-state index in [9.17, 15) is 14.7 Å². The second-order valence-corrected chi connectivity index (χ2v) is 14.8. The Labute approximate surface area is 185 Å². The standard InChI is InChI=1S/C24H33NO5Si/c1-23(2,3)29-22(28)25-19(21(26)27)15-16-13-14-20(18-12-10-9-11-17(16)18)30-31(7,8)24(4,5)6/h9-15H,1-8H3,(H,25,28)(H,26,27)/b19-15-. The van der Waals surface area contributed by atoms with E-state index in [1.165, 1.54) is 6.08 Å². The fourth-order valence-corrected chi connectivity index (χ4v) is 3.69. The second-order valence-electron chi connectivity index (χ2n) is 10.1. The number of carboxylic acid groups (broad SMARTS) is 1. The average Bonchev–Trinajstić information content (AvgIpc) is 2.60. The average molecular weight is 444 g/mol. The topological polar surface area (TPSA) is 84.9 Å². The molecule has 168 valence electrons. The van der Waals surface area contributed by atoms with E-state index < -0.39 is 26.0 Å². The van der Waals surface area contributed by atoms with Crippen LogP contribution >= 0.6 is 0 Å². The fraction of sp³-hybridized carbons (Fsp3) is 0.417.